The Balaban J connectivity index is 3.29. The molecule has 0 rings (SSSR count). The van der Waals surface area contributed by atoms with Gasteiger partial charge in [-0.25, -0.2) is 0 Å². The normalized spacial score (nSPS) is 12.8. The van der Waals surface area contributed by atoms with Gasteiger partial charge in [0.25, 0.3) is 0 Å². The lowest BCUT2D eigenvalue weighted by Gasteiger charge is -2.14. The Morgan fingerprint density at radius 1 is 0.632 bits per heavy atom. The first kappa shape index (κ1) is 19.0. The van der Waals surface area contributed by atoms with Gasteiger partial charge in [-0.2, -0.15) is 0 Å². The van der Waals surface area contributed by atoms with Gasteiger partial charge < -0.3 is 5.11 Å². The maximum Gasteiger partial charge on any atom is 0.0431 e. The average Bonchev–Trinajstić information content (AvgIpc) is 2.44. The first-order valence-electron chi connectivity index (χ1n) is 8.96. The van der Waals surface area contributed by atoms with Crippen molar-refractivity contribution in [1.29, 1.82) is 0 Å². The van der Waals surface area contributed by atoms with Gasteiger partial charge in [-0.3, -0.25) is 0 Å². The number of hydrogen-bond donors (Lipinski definition) is 1. The van der Waals surface area contributed by atoms with Crippen LogP contribution < -0.4 is 0 Å². The van der Waals surface area contributed by atoms with Crippen molar-refractivity contribution in [3.63, 3.8) is 0 Å². The van der Waals surface area contributed by atoms with E-state index in [0.29, 0.717) is 6.61 Å². The monoisotopic (exact) mass is 270 g/mol. The van der Waals surface area contributed by atoms with Crippen molar-refractivity contribution in [2.45, 2.75) is 104 Å². The summed E-state index contributed by atoms with van der Waals surface area (Å²) in [4.78, 5) is 0. The smallest absolute Gasteiger partial charge is 0.0431 e. The zero-order chi connectivity index (χ0) is 14.2. The van der Waals surface area contributed by atoms with Gasteiger partial charge >= 0.3 is 0 Å². The van der Waals surface area contributed by atoms with Crippen molar-refractivity contribution in [1.82, 2.24) is 0 Å². The van der Waals surface area contributed by atoms with Crippen LogP contribution in [0.15, 0.2) is 0 Å². The number of aliphatic hydroxyl groups excluding tert-OH is 1. The van der Waals surface area contributed by atoms with Crippen molar-refractivity contribution in [3.05, 3.63) is 0 Å². The van der Waals surface area contributed by atoms with E-state index >= 15 is 0 Å². The second kappa shape index (κ2) is 16.0. The van der Waals surface area contributed by atoms with Crippen LogP contribution >= 0.6 is 0 Å². The van der Waals surface area contributed by atoms with Crippen LogP contribution in [-0.4, -0.2) is 11.7 Å². The predicted molar refractivity (Wildman–Crippen MR) is 86.6 cm³/mol. The summed E-state index contributed by atoms with van der Waals surface area (Å²) >= 11 is 0. The lowest BCUT2D eigenvalue weighted by atomic mass is 9.92. The lowest BCUT2D eigenvalue weighted by molar-refractivity contribution is 0.282. The molecule has 0 spiro atoms. The van der Waals surface area contributed by atoms with Crippen LogP contribution in [0.25, 0.3) is 0 Å². The molecule has 19 heavy (non-hydrogen) atoms. The Kier molecular flexibility index (Phi) is 16.0. The van der Waals surface area contributed by atoms with E-state index in [1.54, 1.807) is 0 Å². The molecule has 0 aromatic rings. The minimum Gasteiger partial charge on any atom is -0.396 e. The Labute approximate surface area is 122 Å². The van der Waals surface area contributed by atoms with Gasteiger partial charge in [0.05, 0.1) is 0 Å². The average molecular weight is 271 g/mol. The summed E-state index contributed by atoms with van der Waals surface area (Å²) in [6, 6.07) is 0. The molecule has 0 bridgehead atoms. The van der Waals surface area contributed by atoms with Crippen LogP contribution in [-0.2, 0) is 0 Å². The Bertz CT molecular complexity index is 156. The molecule has 116 valence electrons. The first-order valence-corrected chi connectivity index (χ1v) is 8.96. The maximum atomic E-state index is 8.71. The van der Waals surface area contributed by atoms with Gasteiger partial charge in [-0.1, -0.05) is 97.3 Å². The molecule has 1 nitrogen and oxygen atoms in total. The van der Waals surface area contributed by atoms with Gasteiger partial charge in [0.15, 0.2) is 0 Å². The molecule has 1 N–H and O–H groups in total. The number of rotatable bonds is 15. The van der Waals surface area contributed by atoms with E-state index in [9.17, 15) is 0 Å². The molecule has 0 radical (unpaired) electrons. The number of aliphatic hydroxyl groups is 1. The zero-order valence-electron chi connectivity index (χ0n) is 13.6. The van der Waals surface area contributed by atoms with Gasteiger partial charge in [-0.05, 0) is 12.3 Å². The van der Waals surface area contributed by atoms with Crippen molar-refractivity contribution in [2.75, 3.05) is 6.61 Å². The Hall–Kier alpha value is -0.0400. The molecule has 0 aliphatic carbocycles. The minimum atomic E-state index is 0.371. The van der Waals surface area contributed by atoms with Gasteiger partial charge in [0, 0.05) is 6.61 Å². The summed E-state index contributed by atoms with van der Waals surface area (Å²) in [5.41, 5.74) is 0. The molecule has 0 aliphatic rings. The number of hydrogen-bond acceptors (Lipinski definition) is 1. The predicted octanol–water partition coefficient (Wildman–Crippen LogP) is 6.10. The Morgan fingerprint density at radius 2 is 1.11 bits per heavy atom. The third-order valence-electron chi connectivity index (χ3n) is 4.31. The standard InChI is InChI=1S/C18H38O/c1-3-5-6-9-12-15-18(4-2)16-13-10-7-8-11-14-17-19/h18-19H,3-17H2,1-2H3. The van der Waals surface area contributed by atoms with Crippen LogP contribution in [0.1, 0.15) is 104 Å². The van der Waals surface area contributed by atoms with Crippen LogP contribution in [0.2, 0.25) is 0 Å². The summed E-state index contributed by atoms with van der Waals surface area (Å²) in [7, 11) is 0. The fraction of sp³-hybridized carbons (Fsp3) is 1.00. The molecule has 0 heterocycles. The summed E-state index contributed by atoms with van der Waals surface area (Å²) in [5, 5.41) is 8.71. The summed E-state index contributed by atoms with van der Waals surface area (Å²) < 4.78 is 0. The van der Waals surface area contributed by atoms with E-state index in [4.69, 9.17) is 5.11 Å². The summed E-state index contributed by atoms with van der Waals surface area (Å²) in [6.07, 6.45) is 19.1. The molecule has 1 unspecified atom stereocenters. The highest BCUT2D eigenvalue weighted by molar-refractivity contribution is 4.59. The van der Waals surface area contributed by atoms with E-state index in [0.717, 1.165) is 12.3 Å². The lowest BCUT2D eigenvalue weighted by Crippen LogP contribution is -1.99. The second-order valence-corrected chi connectivity index (χ2v) is 6.11. The summed E-state index contributed by atoms with van der Waals surface area (Å²) in [5.74, 6) is 0.985. The van der Waals surface area contributed by atoms with E-state index in [2.05, 4.69) is 13.8 Å². The van der Waals surface area contributed by atoms with Gasteiger partial charge in [0.1, 0.15) is 0 Å². The van der Waals surface area contributed by atoms with Crippen molar-refractivity contribution in [3.8, 4) is 0 Å². The molecule has 1 atom stereocenters. The molecule has 0 aromatic heterocycles. The van der Waals surface area contributed by atoms with Crippen molar-refractivity contribution >= 4 is 0 Å². The molecule has 0 saturated heterocycles. The topological polar surface area (TPSA) is 20.2 Å². The molecular formula is C18H38O. The van der Waals surface area contributed by atoms with Crippen LogP contribution in [0.4, 0.5) is 0 Å². The molecular weight excluding hydrogens is 232 g/mol. The third kappa shape index (κ3) is 14.2. The maximum absolute atomic E-state index is 8.71. The van der Waals surface area contributed by atoms with E-state index < -0.39 is 0 Å². The molecule has 0 aromatic carbocycles. The van der Waals surface area contributed by atoms with Crippen molar-refractivity contribution in [2.24, 2.45) is 5.92 Å². The molecule has 0 amide bonds. The fourth-order valence-corrected chi connectivity index (χ4v) is 2.84. The minimum absolute atomic E-state index is 0.371. The van der Waals surface area contributed by atoms with Crippen LogP contribution in [0.3, 0.4) is 0 Å². The van der Waals surface area contributed by atoms with Crippen LogP contribution in [0.5, 0.6) is 0 Å². The Morgan fingerprint density at radius 3 is 1.58 bits per heavy atom. The quantitative estimate of drug-likeness (QED) is 0.357. The largest absolute Gasteiger partial charge is 0.396 e. The fourth-order valence-electron chi connectivity index (χ4n) is 2.84. The summed E-state index contributed by atoms with van der Waals surface area (Å²) in [6.45, 7) is 5.02. The van der Waals surface area contributed by atoms with E-state index in [1.165, 1.54) is 83.5 Å². The molecule has 0 fully saturated rings. The molecule has 1 heteroatoms. The first-order chi connectivity index (χ1) is 9.35. The third-order valence-corrected chi connectivity index (χ3v) is 4.31. The molecule has 0 saturated carbocycles. The highest BCUT2D eigenvalue weighted by Gasteiger charge is 2.05. The second-order valence-electron chi connectivity index (χ2n) is 6.11. The van der Waals surface area contributed by atoms with E-state index in [1.807, 2.05) is 0 Å². The number of unbranched alkanes of at least 4 members (excludes halogenated alkanes) is 9. The highest BCUT2D eigenvalue weighted by atomic mass is 16.2. The van der Waals surface area contributed by atoms with E-state index in [-0.39, 0.29) is 0 Å². The van der Waals surface area contributed by atoms with Gasteiger partial charge in [0.2, 0.25) is 0 Å². The van der Waals surface area contributed by atoms with Crippen LogP contribution in [0, 0.1) is 5.92 Å². The van der Waals surface area contributed by atoms with Gasteiger partial charge in [-0.15, -0.1) is 0 Å². The molecule has 0 aliphatic heterocycles. The zero-order valence-corrected chi connectivity index (χ0v) is 13.6. The SMILES string of the molecule is CCCCCCCC(CC)CCCCCCCCO. The van der Waals surface area contributed by atoms with Crippen molar-refractivity contribution < 1.29 is 5.11 Å². The highest BCUT2D eigenvalue weighted by Crippen LogP contribution is 2.21.